The molecule has 1 atom stereocenters. The van der Waals surface area contributed by atoms with Crippen molar-refractivity contribution in [2.45, 2.75) is 52.6 Å². The van der Waals surface area contributed by atoms with Crippen LogP contribution in [0.5, 0.6) is 0 Å². The number of nitrogens with zero attached hydrogens (tertiary/aromatic N) is 2. The average molecular weight is 633 g/mol. The molecule has 0 saturated carbocycles. The summed E-state index contributed by atoms with van der Waals surface area (Å²) >= 11 is 13.0. The van der Waals surface area contributed by atoms with Crippen LogP contribution in [0.1, 0.15) is 43.4 Å². The number of nitrogens with one attached hydrogen (secondary N) is 1. The van der Waals surface area contributed by atoms with Crippen LogP contribution in [-0.4, -0.2) is 50.5 Å². The Morgan fingerprint density at radius 2 is 1.52 bits per heavy atom. The summed E-state index contributed by atoms with van der Waals surface area (Å²) in [5.74, 6) is -0.359. The number of sulfonamides is 1. The Morgan fingerprint density at radius 1 is 0.905 bits per heavy atom. The highest BCUT2D eigenvalue weighted by Gasteiger charge is 2.31. The average Bonchev–Trinajstić information content (AvgIpc) is 2.93. The third kappa shape index (κ3) is 9.75. The van der Waals surface area contributed by atoms with Crippen molar-refractivity contribution in [2.24, 2.45) is 5.92 Å². The molecule has 0 heterocycles. The second-order valence-electron chi connectivity index (χ2n) is 10.8. The number of halogens is 2. The molecule has 3 aromatic carbocycles. The number of amides is 2. The Morgan fingerprint density at radius 3 is 2.10 bits per heavy atom. The molecule has 0 fully saturated rings. The number of hydrogen-bond acceptors (Lipinski definition) is 4. The van der Waals surface area contributed by atoms with Gasteiger partial charge in [0.25, 0.3) is 0 Å². The van der Waals surface area contributed by atoms with E-state index in [0.29, 0.717) is 27.8 Å². The van der Waals surface area contributed by atoms with Gasteiger partial charge >= 0.3 is 0 Å². The molecule has 3 aromatic rings. The zero-order valence-corrected chi connectivity index (χ0v) is 26.8. The minimum absolute atomic E-state index is 0.0166. The van der Waals surface area contributed by atoms with Gasteiger partial charge in [-0.3, -0.25) is 13.9 Å². The third-order valence-electron chi connectivity index (χ3n) is 6.82. The van der Waals surface area contributed by atoms with E-state index in [4.69, 9.17) is 23.2 Å². The molecule has 0 aliphatic heterocycles. The minimum Gasteiger partial charge on any atom is -0.354 e. The summed E-state index contributed by atoms with van der Waals surface area (Å²) in [7, 11) is -3.59. The minimum atomic E-state index is -3.59. The quantitative estimate of drug-likeness (QED) is 0.227. The Balaban J connectivity index is 1.92. The van der Waals surface area contributed by atoms with Crippen LogP contribution in [0.25, 0.3) is 0 Å². The van der Waals surface area contributed by atoms with Crippen molar-refractivity contribution >= 4 is 50.7 Å². The van der Waals surface area contributed by atoms with Crippen molar-refractivity contribution in [1.29, 1.82) is 0 Å². The number of aryl methyl sites for hydroxylation is 1. The van der Waals surface area contributed by atoms with Crippen LogP contribution < -0.4 is 9.62 Å². The first-order chi connectivity index (χ1) is 19.9. The number of hydrogen-bond donors (Lipinski definition) is 1. The summed E-state index contributed by atoms with van der Waals surface area (Å²) in [6.45, 7) is 6.52. The van der Waals surface area contributed by atoms with E-state index in [1.54, 1.807) is 30.3 Å². The smallest absolute Gasteiger partial charge is 0.243 e. The van der Waals surface area contributed by atoms with E-state index in [1.807, 2.05) is 63.2 Å². The molecule has 7 nitrogen and oxygen atoms in total. The van der Waals surface area contributed by atoms with E-state index in [9.17, 15) is 18.0 Å². The highest BCUT2D eigenvalue weighted by molar-refractivity contribution is 7.92. The highest BCUT2D eigenvalue weighted by Crippen LogP contribution is 2.28. The summed E-state index contributed by atoms with van der Waals surface area (Å²) < 4.78 is 26.5. The van der Waals surface area contributed by atoms with Crippen molar-refractivity contribution in [3.63, 3.8) is 0 Å². The van der Waals surface area contributed by atoms with Crippen LogP contribution in [0.3, 0.4) is 0 Å². The van der Waals surface area contributed by atoms with E-state index in [2.05, 4.69) is 5.32 Å². The fourth-order valence-electron chi connectivity index (χ4n) is 4.55. The maximum absolute atomic E-state index is 13.9. The third-order valence-corrected chi connectivity index (χ3v) is 8.72. The maximum atomic E-state index is 13.9. The number of anilines is 1. The van der Waals surface area contributed by atoms with Crippen molar-refractivity contribution in [3.05, 3.63) is 99.5 Å². The number of rotatable bonds is 14. The van der Waals surface area contributed by atoms with Crippen LogP contribution in [0.2, 0.25) is 10.0 Å². The van der Waals surface area contributed by atoms with Crippen molar-refractivity contribution < 1.29 is 18.0 Å². The Labute approximate surface area is 259 Å². The molecule has 0 aliphatic rings. The summed E-state index contributed by atoms with van der Waals surface area (Å²) in [5, 5.41) is 3.77. The van der Waals surface area contributed by atoms with Crippen molar-refractivity contribution in [3.8, 4) is 0 Å². The van der Waals surface area contributed by atoms with E-state index >= 15 is 0 Å². The zero-order valence-electron chi connectivity index (χ0n) is 24.5. The number of benzene rings is 3. The van der Waals surface area contributed by atoms with Crippen LogP contribution in [0, 0.1) is 12.8 Å². The summed E-state index contributed by atoms with van der Waals surface area (Å²) in [5.41, 5.74) is 2.98. The first-order valence-electron chi connectivity index (χ1n) is 13.9. The molecule has 0 aliphatic carbocycles. The molecule has 0 saturated heterocycles. The largest absolute Gasteiger partial charge is 0.354 e. The standard InChI is InChI=1S/C32H39Cl2N3O4S/c1-23(2)21-35-32(39)30(20-25-10-6-5-7-11-25)36(22-27-28(33)12-8-13-29(27)34)31(38)14-9-19-37(42(4,40)41)26-17-15-24(3)16-18-26/h5-8,10-13,15-18,23,30H,9,14,19-22H2,1-4H3,(H,35,39)/t30-/m0/s1. The second kappa shape index (κ2) is 15.4. The Kier molecular flexibility index (Phi) is 12.3. The lowest BCUT2D eigenvalue weighted by molar-refractivity contribution is -0.141. The van der Waals surface area contributed by atoms with Gasteiger partial charge in [0.15, 0.2) is 0 Å². The molecule has 0 spiro atoms. The molecule has 10 heteroatoms. The first-order valence-corrected chi connectivity index (χ1v) is 16.6. The van der Waals surface area contributed by atoms with Gasteiger partial charge in [-0.15, -0.1) is 0 Å². The van der Waals surface area contributed by atoms with Crippen LogP contribution in [0.15, 0.2) is 72.8 Å². The zero-order chi connectivity index (χ0) is 30.9. The van der Waals surface area contributed by atoms with Gasteiger partial charge in [0, 0.05) is 48.1 Å². The topological polar surface area (TPSA) is 86.8 Å². The normalized spacial score (nSPS) is 12.2. The predicted molar refractivity (Wildman–Crippen MR) is 171 cm³/mol. The van der Waals surface area contributed by atoms with Crippen LogP contribution in [-0.2, 0) is 32.6 Å². The van der Waals surface area contributed by atoms with Gasteiger partial charge in [0.1, 0.15) is 6.04 Å². The molecule has 0 aromatic heterocycles. The van der Waals surface area contributed by atoms with Gasteiger partial charge in [-0.25, -0.2) is 8.42 Å². The molecule has 42 heavy (non-hydrogen) atoms. The van der Waals surface area contributed by atoms with Gasteiger partial charge in [0.2, 0.25) is 21.8 Å². The molecule has 1 N–H and O–H groups in total. The Bertz CT molecular complexity index is 1430. The second-order valence-corrected chi connectivity index (χ2v) is 13.6. The molecule has 3 rings (SSSR count). The van der Waals surface area contributed by atoms with Gasteiger partial charge in [-0.05, 0) is 49.1 Å². The summed E-state index contributed by atoms with van der Waals surface area (Å²) in [4.78, 5) is 29.1. The van der Waals surface area contributed by atoms with E-state index in [1.165, 1.54) is 9.21 Å². The van der Waals surface area contributed by atoms with Crippen molar-refractivity contribution in [2.75, 3.05) is 23.7 Å². The number of carbonyl (C=O) groups excluding carboxylic acids is 2. The fourth-order valence-corrected chi connectivity index (χ4v) is 6.03. The highest BCUT2D eigenvalue weighted by atomic mass is 35.5. The van der Waals surface area contributed by atoms with Gasteiger partial charge in [0.05, 0.1) is 11.9 Å². The van der Waals surface area contributed by atoms with E-state index in [-0.39, 0.29) is 50.1 Å². The van der Waals surface area contributed by atoms with Gasteiger partial charge in [-0.1, -0.05) is 91.1 Å². The monoisotopic (exact) mass is 631 g/mol. The summed E-state index contributed by atoms with van der Waals surface area (Å²) in [6, 6.07) is 21.0. The molecular formula is C32H39Cl2N3O4S. The SMILES string of the molecule is Cc1ccc(N(CCCC(=O)N(Cc2c(Cl)cccc2Cl)[C@@H](Cc2ccccc2)C(=O)NCC(C)C)S(C)(=O)=O)cc1. The molecule has 2 amide bonds. The lowest BCUT2D eigenvalue weighted by Gasteiger charge is -2.32. The maximum Gasteiger partial charge on any atom is 0.243 e. The number of carbonyl (C=O) groups is 2. The molecule has 0 unspecified atom stereocenters. The molecule has 226 valence electrons. The lowest BCUT2D eigenvalue weighted by Crippen LogP contribution is -2.51. The van der Waals surface area contributed by atoms with Crippen molar-refractivity contribution in [1.82, 2.24) is 10.2 Å². The summed E-state index contributed by atoms with van der Waals surface area (Å²) in [6.07, 6.45) is 1.70. The molecule has 0 bridgehead atoms. The van der Waals surface area contributed by atoms with Crippen LogP contribution >= 0.6 is 23.2 Å². The van der Waals surface area contributed by atoms with Crippen LogP contribution in [0.4, 0.5) is 5.69 Å². The van der Waals surface area contributed by atoms with E-state index in [0.717, 1.165) is 17.4 Å². The first kappa shape index (κ1) is 33.4. The molecule has 0 radical (unpaired) electrons. The van der Waals surface area contributed by atoms with Gasteiger partial charge in [-0.2, -0.15) is 0 Å². The fraction of sp³-hybridized carbons (Fsp3) is 0.375. The molecular weight excluding hydrogens is 593 g/mol. The predicted octanol–water partition coefficient (Wildman–Crippen LogP) is 6.26. The lowest BCUT2D eigenvalue weighted by atomic mass is 10.0. The van der Waals surface area contributed by atoms with E-state index < -0.39 is 16.1 Å². The Hall–Kier alpha value is -3.07. The van der Waals surface area contributed by atoms with Gasteiger partial charge < -0.3 is 10.2 Å².